The van der Waals surface area contributed by atoms with E-state index in [4.69, 9.17) is 0 Å². The summed E-state index contributed by atoms with van der Waals surface area (Å²) >= 11 is 0. The monoisotopic (exact) mass is 256 g/mol. The molecule has 0 saturated carbocycles. The second-order valence-corrected chi connectivity index (χ2v) is 5.27. The van der Waals surface area contributed by atoms with E-state index in [2.05, 4.69) is 25.7 Å². The summed E-state index contributed by atoms with van der Waals surface area (Å²) in [4.78, 5) is 2.30. The zero-order valence-electron chi connectivity index (χ0n) is 10.6. The first-order chi connectivity index (χ1) is 9.40. The Bertz CT molecular complexity index is 554. The van der Waals surface area contributed by atoms with Gasteiger partial charge in [-0.2, -0.15) is 4.68 Å². The summed E-state index contributed by atoms with van der Waals surface area (Å²) in [5.74, 6) is 0.851. The third kappa shape index (κ3) is 1.88. The van der Waals surface area contributed by atoms with Gasteiger partial charge in [0.05, 0.1) is 5.69 Å². The third-order valence-electron chi connectivity index (χ3n) is 3.95. The first-order valence-electron chi connectivity index (χ1n) is 6.75. The number of hydrogen-bond acceptors (Lipinski definition) is 5. The van der Waals surface area contributed by atoms with Gasteiger partial charge in [-0.15, -0.1) is 0 Å². The lowest BCUT2D eigenvalue weighted by atomic mass is 10.2. The number of tetrazole rings is 1. The van der Waals surface area contributed by atoms with Gasteiger partial charge in [0.2, 0.25) is 5.95 Å². The van der Waals surface area contributed by atoms with E-state index >= 15 is 0 Å². The molecule has 98 valence electrons. The van der Waals surface area contributed by atoms with E-state index in [9.17, 15) is 0 Å². The molecule has 2 aromatic rings. The van der Waals surface area contributed by atoms with Crippen LogP contribution in [0.5, 0.6) is 0 Å². The number of nitrogens with zero attached hydrogens (tertiary/aromatic N) is 5. The molecule has 6 nitrogen and oxygen atoms in total. The lowest BCUT2D eigenvalue weighted by molar-refractivity contribution is 0.458. The first kappa shape index (κ1) is 10.9. The highest BCUT2D eigenvalue weighted by molar-refractivity contribution is 5.41. The van der Waals surface area contributed by atoms with Gasteiger partial charge in [0.25, 0.3) is 0 Å². The van der Waals surface area contributed by atoms with Crippen LogP contribution in [0.3, 0.4) is 0 Å². The molecule has 3 heterocycles. The average molecular weight is 256 g/mol. The van der Waals surface area contributed by atoms with Crippen molar-refractivity contribution in [2.24, 2.45) is 0 Å². The summed E-state index contributed by atoms with van der Waals surface area (Å²) in [6, 6.07) is 11.2. The molecular formula is C13H16N6. The molecule has 1 aromatic heterocycles. The third-order valence-corrected chi connectivity index (χ3v) is 3.95. The molecule has 2 aliphatic rings. The number of fused-ring (bicyclic) bond motifs is 2. The fourth-order valence-electron chi connectivity index (χ4n) is 3.08. The number of benzene rings is 1. The summed E-state index contributed by atoms with van der Waals surface area (Å²) in [5, 5.41) is 15.8. The molecule has 1 N–H and O–H groups in total. The Kier molecular flexibility index (Phi) is 2.48. The molecule has 0 unspecified atom stereocenters. The fraction of sp³-hybridized carbons (Fsp3) is 0.462. The van der Waals surface area contributed by atoms with Gasteiger partial charge >= 0.3 is 0 Å². The Balaban J connectivity index is 1.67. The summed E-state index contributed by atoms with van der Waals surface area (Å²) in [5.41, 5.74) is 1.01. The van der Waals surface area contributed by atoms with Crippen LogP contribution in [-0.4, -0.2) is 45.4 Å². The minimum absolute atomic E-state index is 0.583. The first-order valence-corrected chi connectivity index (χ1v) is 6.75. The molecule has 4 rings (SSSR count). The summed E-state index contributed by atoms with van der Waals surface area (Å²) in [6.07, 6.45) is 2.52. The van der Waals surface area contributed by atoms with E-state index < -0.39 is 0 Å². The number of rotatable bonds is 2. The van der Waals surface area contributed by atoms with Crippen LogP contribution in [0.2, 0.25) is 0 Å². The lowest BCUT2D eigenvalue weighted by Gasteiger charge is -2.32. The fourth-order valence-corrected chi connectivity index (χ4v) is 3.08. The van der Waals surface area contributed by atoms with Crippen molar-refractivity contribution >= 4 is 5.95 Å². The molecule has 2 bridgehead atoms. The summed E-state index contributed by atoms with van der Waals surface area (Å²) in [7, 11) is 0. The SMILES string of the molecule is c1ccc(-n2nnnc2N2C[C@H]3CC[C@@H](C2)N3)cc1. The molecule has 2 saturated heterocycles. The normalized spacial score (nSPS) is 25.8. The van der Waals surface area contributed by atoms with Crippen LogP contribution in [0, 0.1) is 0 Å². The van der Waals surface area contributed by atoms with Gasteiger partial charge in [-0.3, -0.25) is 0 Å². The Labute approximate surface area is 111 Å². The van der Waals surface area contributed by atoms with Crippen molar-refractivity contribution in [1.82, 2.24) is 25.5 Å². The lowest BCUT2D eigenvalue weighted by Crippen LogP contribution is -2.51. The highest BCUT2D eigenvalue weighted by atomic mass is 15.6. The van der Waals surface area contributed by atoms with Crippen LogP contribution in [0.25, 0.3) is 5.69 Å². The molecule has 19 heavy (non-hydrogen) atoms. The van der Waals surface area contributed by atoms with Gasteiger partial charge in [0, 0.05) is 25.2 Å². The number of hydrogen-bond donors (Lipinski definition) is 1. The standard InChI is InChI=1S/C13H16N6/c1-2-4-12(5-3-1)19-13(15-16-17-19)18-8-10-6-7-11(9-18)14-10/h1-5,10-11,14H,6-9H2/t10-,11+. The second kappa shape index (κ2) is 4.31. The maximum absolute atomic E-state index is 4.21. The quantitative estimate of drug-likeness (QED) is 0.853. The van der Waals surface area contributed by atoms with Gasteiger partial charge in [-0.25, -0.2) is 0 Å². The van der Waals surface area contributed by atoms with Crippen LogP contribution >= 0.6 is 0 Å². The van der Waals surface area contributed by atoms with E-state index in [0.29, 0.717) is 12.1 Å². The largest absolute Gasteiger partial charge is 0.336 e. The second-order valence-electron chi connectivity index (χ2n) is 5.27. The van der Waals surface area contributed by atoms with Crippen molar-refractivity contribution in [3.8, 4) is 5.69 Å². The maximum atomic E-state index is 4.21. The Morgan fingerprint density at radius 2 is 1.79 bits per heavy atom. The van der Waals surface area contributed by atoms with Crippen LogP contribution < -0.4 is 10.2 Å². The Morgan fingerprint density at radius 1 is 1.05 bits per heavy atom. The number of para-hydroxylation sites is 1. The summed E-state index contributed by atoms with van der Waals surface area (Å²) in [6.45, 7) is 1.98. The molecule has 2 fully saturated rings. The van der Waals surface area contributed by atoms with Crippen molar-refractivity contribution < 1.29 is 0 Å². The van der Waals surface area contributed by atoms with E-state index in [1.54, 1.807) is 0 Å². The van der Waals surface area contributed by atoms with Crippen LogP contribution in [0.15, 0.2) is 30.3 Å². The number of piperazine rings is 1. The topological polar surface area (TPSA) is 58.9 Å². The van der Waals surface area contributed by atoms with Crippen LogP contribution in [0.4, 0.5) is 5.95 Å². The number of anilines is 1. The molecule has 0 amide bonds. The van der Waals surface area contributed by atoms with E-state index in [-0.39, 0.29) is 0 Å². The number of aromatic nitrogens is 4. The van der Waals surface area contributed by atoms with Crippen molar-refractivity contribution in [1.29, 1.82) is 0 Å². The predicted octanol–water partition coefficient (Wildman–Crippen LogP) is 0.603. The molecule has 0 radical (unpaired) electrons. The maximum Gasteiger partial charge on any atom is 0.250 e. The number of nitrogens with one attached hydrogen (secondary N) is 1. The van der Waals surface area contributed by atoms with Gasteiger partial charge in [0.15, 0.2) is 0 Å². The Morgan fingerprint density at radius 3 is 2.53 bits per heavy atom. The van der Waals surface area contributed by atoms with Gasteiger partial charge in [-0.1, -0.05) is 23.3 Å². The predicted molar refractivity (Wildman–Crippen MR) is 71.3 cm³/mol. The zero-order chi connectivity index (χ0) is 12.7. The Hall–Kier alpha value is -1.95. The van der Waals surface area contributed by atoms with Crippen molar-refractivity contribution in [2.75, 3.05) is 18.0 Å². The van der Waals surface area contributed by atoms with E-state index in [1.807, 2.05) is 35.0 Å². The van der Waals surface area contributed by atoms with E-state index in [0.717, 1.165) is 24.7 Å². The highest BCUT2D eigenvalue weighted by Gasteiger charge is 2.34. The van der Waals surface area contributed by atoms with Crippen LogP contribution in [-0.2, 0) is 0 Å². The zero-order valence-corrected chi connectivity index (χ0v) is 10.6. The van der Waals surface area contributed by atoms with Gasteiger partial charge < -0.3 is 10.2 Å². The minimum Gasteiger partial charge on any atom is -0.336 e. The van der Waals surface area contributed by atoms with Gasteiger partial charge in [0.1, 0.15) is 0 Å². The average Bonchev–Trinajstić information content (AvgIpc) is 3.07. The molecule has 2 atom stereocenters. The molecule has 0 spiro atoms. The van der Waals surface area contributed by atoms with Crippen molar-refractivity contribution in [2.45, 2.75) is 24.9 Å². The smallest absolute Gasteiger partial charge is 0.250 e. The molecule has 2 aliphatic heterocycles. The van der Waals surface area contributed by atoms with Crippen LogP contribution in [0.1, 0.15) is 12.8 Å². The van der Waals surface area contributed by atoms with Crippen molar-refractivity contribution in [3.63, 3.8) is 0 Å². The molecule has 6 heteroatoms. The molecular weight excluding hydrogens is 240 g/mol. The minimum atomic E-state index is 0.583. The molecule has 1 aromatic carbocycles. The van der Waals surface area contributed by atoms with Gasteiger partial charge in [-0.05, 0) is 35.4 Å². The summed E-state index contributed by atoms with van der Waals surface area (Å²) < 4.78 is 1.82. The highest BCUT2D eigenvalue weighted by Crippen LogP contribution is 2.24. The molecule has 0 aliphatic carbocycles. The van der Waals surface area contributed by atoms with Crippen molar-refractivity contribution in [3.05, 3.63) is 30.3 Å². The van der Waals surface area contributed by atoms with E-state index in [1.165, 1.54) is 12.8 Å².